The van der Waals surface area contributed by atoms with Gasteiger partial charge in [-0.15, -0.1) is 0 Å². The lowest BCUT2D eigenvalue weighted by molar-refractivity contribution is 0.0739. The molecule has 0 radical (unpaired) electrons. The highest BCUT2D eigenvalue weighted by Gasteiger charge is 2.21. The molecule has 196 valence electrons. The van der Waals surface area contributed by atoms with Crippen LogP contribution in [0.2, 0.25) is 5.02 Å². The Balaban J connectivity index is 1.27. The van der Waals surface area contributed by atoms with Crippen molar-refractivity contribution in [3.63, 3.8) is 0 Å². The molecule has 0 fully saturated rings. The van der Waals surface area contributed by atoms with E-state index in [1.807, 2.05) is 53.4 Å². The molecule has 3 aromatic carbocycles. The van der Waals surface area contributed by atoms with Crippen LogP contribution < -0.4 is 19.5 Å². The minimum Gasteiger partial charge on any atom is -0.497 e. The van der Waals surface area contributed by atoms with Gasteiger partial charge >= 0.3 is 0 Å². The molecule has 5 rings (SSSR count). The summed E-state index contributed by atoms with van der Waals surface area (Å²) >= 11 is 6.08. The van der Waals surface area contributed by atoms with Crippen LogP contribution in [-0.2, 0) is 6.54 Å². The molecule has 1 aliphatic heterocycles. The van der Waals surface area contributed by atoms with Crippen molar-refractivity contribution in [1.29, 1.82) is 0 Å². The summed E-state index contributed by atoms with van der Waals surface area (Å²) in [6.45, 7) is 3.39. The SMILES string of the molecule is COc1cc(NC(C)CCCN(Cc2ccc(Cl)cc2)C(=O)c2ccc3c(c2)OCO3)c2ncccc2c1. The number of aromatic nitrogens is 1. The molecule has 1 N–H and O–H groups in total. The molecule has 1 aliphatic rings. The van der Waals surface area contributed by atoms with Gasteiger partial charge in [-0.05, 0) is 67.8 Å². The van der Waals surface area contributed by atoms with Crippen LogP contribution in [-0.4, -0.2) is 42.3 Å². The van der Waals surface area contributed by atoms with E-state index in [1.165, 1.54) is 0 Å². The fourth-order valence-electron chi connectivity index (χ4n) is 4.59. The summed E-state index contributed by atoms with van der Waals surface area (Å²) in [5.74, 6) is 1.98. The van der Waals surface area contributed by atoms with Crippen molar-refractivity contribution in [3.8, 4) is 17.2 Å². The van der Waals surface area contributed by atoms with Gasteiger partial charge in [0.2, 0.25) is 6.79 Å². The van der Waals surface area contributed by atoms with Crippen molar-refractivity contribution in [2.75, 3.05) is 25.8 Å². The first-order valence-corrected chi connectivity index (χ1v) is 13.0. The molecular weight excluding hydrogens is 502 g/mol. The number of hydrogen-bond donors (Lipinski definition) is 1. The number of hydrogen-bond acceptors (Lipinski definition) is 6. The second kappa shape index (κ2) is 11.6. The van der Waals surface area contributed by atoms with E-state index in [-0.39, 0.29) is 18.7 Å². The second-order valence-electron chi connectivity index (χ2n) is 9.36. The number of rotatable bonds is 10. The van der Waals surface area contributed by atoms with E-state index in [0.29, 0.717) is 35.2 Å². The van der Waals surface area contributed by atoms with Gasteiger partial charge in [0.25, 0.3) is 5.91 Å². The summed E-state index contributed by atoms with van der Waals surface area (Å²) in [6.07, 6.45) is 3.46. The maximum Gasteiger partial charge on any atom is 0.254 e. The number of carbonyl (C=O) groups is 1. The minimum absolute atomic E-state index is 0.0538. The zero-order chi connectivity index (χ0) is 26.5. The van der Waals surface area contributed by atoms with E-state index < -0.39 is 0 Å². The molecule has 0 bridgehead atoms. The van der Waals surface area contributed by atoms with Crippen LogP contribution in [0.4, 0.5) is 5.69 Å². The molecule has 0 aliphatic carbocycles. The number of fused-ring (bicyclic) bond motifs is 2. The largest absolute Gasteiger partial charge is 0.497 e. The van der Waals surface area contributed by atoms with Crippen molar-refractivity contribution in [2.24, 2.45) is 0 Å². The zero-order valence-electron chi connectivity index (χ0n) is 21.4. The first kappa shape index (κ1) is 25.7. The zero-order valence-corrected chi connectivity index (χ0v) is 22.2. The molecule has 7 nitrogen and oxygen atoms in total. The average molecular weight is 532 g/mol. The molecule has 1 amide bonds. The van der Waals surface area contributed by atoms with Crippen molar-refractivity contribution in [2.45, 2.75) is 32.4 Å². The quantitative estimate of drug-likeness (QED) is 0.250. The Morgan fingerprint density at radius 2 is 1.92 bits per heavy atom. The van der Waals surface area contributed by atoms with E-state index in [2.05, 4.69) is 17.2 Å². The van der Waals surface area contributed by atoms with E-state index in [0.717, 1.165) is 40.7 Å². The molecule has 1 atom stereocenters. The minimum atomic E-state index is -0.0538. The fourth-order valence-corrected chi connectivity index (χ4v) is 4.72. The van der Waals surface area contributed by atoms with Gasteiger partial charge in [-0.1, -0.05) is 29.8 Å². The van der Waals surface area contributed by atoms with Gasteiger partial charge in [0.15, 0.2) is 11.5 Å². The molecule has 0 saturated heterocycles. The first-order chi connectivity index (χ1) is 18.5. The molecule has 38 heavy (non-hydrogen) atoms. The molecule has 2 heterocycles. The monoisotopic (exact) mass is 531 g/mol. The molecule has 1 unspecified atom stereocenters. The summed E-state index contributed by atoms with van der Waals surface area (Å²) in [6, 6.07) is 21.0. The Bertz CT molecular complexity index is 1430. The van der Waals surface area contributed by atoms with Crippen molar-refractivity contribution in [1.82, 2.24) is 9.88 Å². The number of anilines is 1. The van der Waals surface area contributed by atoms with Crippen LogP contribution in [0.15, 0.2) is 72.9 Å². The Morgan fingerprint density at radius 3 is 2.74 bits per heavy atom. The number of pyridine rings is 1. The van der Waals surface area contributed by atoms with Crippen LogP contribution >= 0.6 is 11.6 Å². The van der Waals surface area contributed by atoms with Crippen LogP contribution in [0.25, 0.3) is 10.9 Å². The highest BCUT2D eigenvalue weighted by Crippen LogP contribution is 2.33. The summed E-state index contributed by atoms with van der Waals surface area (Å²) < 4.78 is 16.4. The molecule has 4 aromatic rings. The molecule has 1 aromatic heterocycles. The third-order valence-corrected chi connectivity index (χ3v) is 6.83. The Labute approximate surface area is 227 Å². The summed E-state index contributed by atoms with van der Waals surface area (Å²) in [4.78, 5) is 20.0. The first-order valence-electron chi connectivity index (χ1n) is 12.6. The number of ether oxygens (including phenoxy) is 3. The fraction of sp³-hybridized carbons (Fsp3) is 0.267. The average Bonchev–Trinajstić information content (AvgIpc) is 3.41. The Hall–Kier alpha value is -3.97. The predicted molar refractivity (Wildman–Crippen MR) is 149 cm³/mol. The maximum absolute atomic E-state index is 13.6. The van der Waals surface area contributed by atoms with E-state index in [9.17, 15) is 4.79 Å². The number of carbonyl (C=O) groups excluding carboxylic acids is 1. The normalized spacial score (nSPS) is 12.8. The third-order valence-electron chi connectivity index (χ3n) is 6.57. The summed E-state index contributed by atoms with van der Waals surface area (Å²) in [5.41, 5.74) is 3.43. The highest BCUT2D eigenvalue weighted by molar-refractivity contribution is 6.30. The van der Waals surface area contributed by atoms with Gasteiger partial charge < -0.3 is 24.4 Å². The van der Waals surface area contributed by atoms with Crippen LogP contribution in [0.3, 0.4) is 0 Å². The lowest BCUT2D eigenvalue weighted by Gasteiger charge is -2.24. The van der Waals surface area contributed by atoms with Crippen LogP contribution in [0, 0.1) is 0 Å². The number of nitrogens with zero attached hydrogens (tertiary/aromatic N) is 2. The van der Waals surface area contributed by atoms with Gasteiger partial charge in [-0.25, -0.2) is 0 Å². The van der Waals surface area contributed by atoms with Crippen molar-refractivity contribution < 1.29 is 19.0 Å². The number of methoxy groups -OCH3 is 1. The van der Waals surface area contributed by atoms with E-state index >= 15 is 0 Å². The Morgan fingerprint density at radius 1 is 1.11 bits per heavy atom. The number of nitrogens with one attached hydrogen (secondary N) is 1. The maximum atomic E-state index is 13.6. The van der Waals surface area contributed by atoms with E-state index in [1.54, 1.807) is 31.5 Å². The van der Waals surface area contributed by atoms with Gasteiger partial charge in [-0.3, -0.25) is 9.78 Å². The van der Waals surface area contributed by atoms with Gasteiger partial charge in [0, 0.05) is 47.4 Å². The lowest BCUT2D eigenvalue weighted by atomic mass is 10.1. The lowest BCUT2D eigenvalue weighted by Crippen LogP contribution is -2.32. The highest BCUT2D eigenvalue weighted by atomic mass is 35.5. The Kier molecular flexibility index (Phi) is 7.84. The molecule has 8 heteroatoms. The molecule has 0 spiro atoms. The van der Waals surface area contributed by atoms with Gasteiger partial charge in [0.1, 0.15) is 5.75 Å². The van der Waals surface area contributed by atoms with Crippen molar-refractivity contribution in [3.05, 3.63) is 89.1 Å². The smallest absolute Gasteiger partial charge is 0.254 e. The molecular formula is C30H30ClN3O4. The number of halogens is 1. The summed E-state index contributed by atoms with van der Waals surface area (Å²) in [7, 11) is 1.66. The van der Waals surface area contributed by atoms with Crippen molar-refractivity contribution >= 4 is 34.1 Å². The van der Waals surface area contributed by atoms with Crippen LogP contribution in [0.5, 0.6) is 17.2 Å². The second-order valence-corrected chi connectivity index (χ2v) is 9.80. The predicted octanol–water partition coefficient (Wildman–Crippen LogP) is 6.55. The summed E-state index contributed by atoms with van der Waals surface area (Å²) in [5, 5.41) is 5.27. The third kappa shape index (κ3) is 5.94. The number of amides is 1. The standard InChI is InChI=1S/C30H30ClN3O4/c1-20(33-26-17-25(36-2)15-22-6-3-13-32-29(22)26)5-4-14-34(18-21-7-10-24(31)11-8-21)30(35)23-9-12-27-28(16-23)38-19-37-27/h3,6-13,15-17,20,33H,4-5,14,18-19H2,1-2H3. The topological polar surface area (TPSA) is 72.9 Å². The number of benzene rings is 3. The van der Waals surface area contributed by atoms with Crippen LogP contribution in [0.1, 0.15) is 35.7 Å². The molecule has 0 saturated carbocycles. The van der Waals surface area contributed by atoms with E-state index in [4.69, 9.17) is 25.8 Å². The van der Waals surface area contributed by atoms with Gasteiger partial charge in [0.05, 0.1) is 18.3 Å². The van der Waals surface area contributed by atoms with Gasteiger partial charge in [-0.2, -0.15) is 0 Å².